The molecule has 0 radical (unpaired) electrons. The molecule has 0 amide bonds. The predicted octanol–water partition coefficient (Wildman–Crippen LogP) is -0.980. The van der Waals surface area contributed by atoms with Gasteiger partial charge in [-0.2, -0.15) is 0 Å². The molecule has 5 nitrogen and oxygen atoms in total. The van der Waals surface area contributed by atoms with E-state index in [2.05, 4.69) is 0 Å². The monoisotopic (exact) mass is 229 g/mol. The van der Waals surface area contributed by atoms with E-state index in [4.69, 9.17) is 4.74 Å². The zero-order valence-electron chi connectivity index (χ0n) is 9.34. The largest absolute Gasteiger partial charge is 0.389 e. The summed E-state index contributed by atoms with van der Waals surface area (Å²) in [5.74, 6) is 0. The number of nitrogens with zero attached hydrogens (tertiary/aromatic N) is 1. The van der Waals surface area contributed by atoms with Gasteiger partial charge in [-0.15, -0.1) is 0 Å². The first-order chi connectivity index (χ1) is 7.65. The van der Waals surface area contributed by atoms with Gasteiger partial charge in [0.1, 0.15) is 6.29 Å². The van der Waals surface area contributed by atoms with Crippen LogP contribution in [0.4, 0.5) is 0 Å². The van der Waals surface area contributed by atoms with Crippen molar-refractivity contribution in [1.29, 1.82) is 0 Å². The Labute approximate surface area is 95.0 Å². The standard InChI is InChI=1S/C11H19NO4/c13-7-11(2-1-3-16-8-11)6-12-4-9(14)10(15)5-12/h7,9-10,14-15H,1-6,8H2. The van der Waals surface area contributed by atoms with E-state index in [1.807, 2.05) is 4.90 Å². The first-order valence-electron chi connectivity index (χ1n) is 5.78. The molecule has 0 aromatic carbocycles. The Morgan fingerprint density at radius 1 is 1.38 bits per heavy atom. The summed E-state index contributed by atoms with van der Waals surface area (Å²) in [5, 5.41) is 18.9. The molecule has 3 unspecified atom stereocenters. The molecule has 92 valence electrons. The van der Waals surface area contributed by atoms with Gasteiger partial charge in [-0.05, 0) is 12.8 Å². The van der Waals surface area contributed by atoms with Crippen molar-refractivity contribution >= 4 is 6.29 Å². The highest BCUT2D eigenvalue weighted by Crippen LogP contribution is 2.28. The van der Waals surface area contributed by atoms with Crippen molar-refractivity contribution in [2.75, 3.05) is 32.8 Å². The van der Waals surface area contributed by atoms with Crippen LogP contribution in [0.1, 0.15) is 12.8 Å². The van der Waals surface area contributed by atoms with Gasteiger partial charge in [0.15, 0.2) is 0 Å². The summed E-state index contributed by atoms with van der Waals surface area (Å²) >= 11 is 0. The number of aliphatic hydroxyl groups excluding tert-OH is 2. The Morgan fingerprint density at radius 3 is 2.56 bits per heavy atom. The minimum absolute atomic E-state index is 0.441. The van der Waals surface area contributed by atoms with Gasteiger partial charge >= 0.3 is 0 Å². The number of aliphatic hydroxyl groups is 2. The second-order valence-electron chi connectivity index (χ2n) is 4.97. The van der Waals surface area contributed by atoms with Crippen LogP contribution in [0.25, 0.3) is 0 Å². The van der Waals surface area contributed by atoms with Crippen molar-refractivity contribution in [3.8, 4) is 0 Å². The van der Waals surface area contributed by atoms with Gasteiger partial charge in [0.05, 0.1) is 24.2 Å². The van der Waals surface area contributed by atoms with E-state index in [1.165, 1.54) is 0 Å². The minimum atomic E-state index is -0.687. The number of aldehydes is 1. The summed E-state index contributed by atoms with van der Waals surface area (Å²) < 4.78 is 5.36. The second-order valence-corrected chi connectivity index (χ2v) is 4.97. The Balaban J connectivity index is 1.94. The Morgan fingerprint density at radius 2 is 2.06 bits per heavy atom. The highest BCUT2D eigenvalue weighted by Gasteiger charge is 2.38. The molecule has 3 atom stereocenters. The summed E-state index contributed by atoms with van der Waals surface area (Å²) in [7, 11) is 0. The number of rotatable bonds is 3. The normalized spacial score (nSPS) is 41.1. The highest BCUT2D eigenvalue weighted by atomic mass is 16.5. The average molecular weight is 229 g/mol. The average Bonchev–Trinajstić information content (AvgIpc) is 2.59. The summed E-state index contributed by atoms with van der Waals surface area (Å²) in [4.78, 5) is 13.1. The van der Waals surface area contributed by atoms with E-state index >= 15 is 0 Å². The molecule has 2 N–H and O–H groups in total. The molecule has 5 heteroatoms. The third-order valence-electron chi connectivity index (χ3n) is 3.48. The lowest BCUT2D eigenvalue weighted by Crippen LogP contribution is -2.44. The van der Waals surface area contributed by atoms with Gasteiger partial charge in [0, 0.05) is 26.2 Å². The lowest BCUT2D eigenvalue weighted by molar-refractivity contribution is -0.125. The zero-order valence-corrected chi connectivity index (χ0v) is 9.34. The van der Waals surface area contributed by atoms with E-state index in [1.54, 1.807) is 0 Å². The molecule has 2 rings (SSSR count). The van der Waals surface area contributed by atoms with Crippen LogP contribution in [0.5, 0.6) is 0 Å². The van der Waals surface area contributed by atoms with Crippen LogP contribution >= 0.6 is 0 Å². The van der Waals surface area contributed by atoms with Crippen LogP contribution in [0.15, 0.2) is 0 Å². The van der Waals surface area contributed by atoms with Gasteiger partial charge in [0.25, 0.3) is 0 Å². The fourth-order valence-corrected chi connectivity index (χ4v) is 2.55. The fraction of sp³-hybridized carbons (Fsp3) is 0.909. The number of hydrogen-bond acceptors (Lipinski definition) is 5. The third-order valence-corrected chi connectivity index (χ3v) is 3.48. The van der Waals surface area contributed by atoms with E-state index in [9.17, 15) is 15.0 Å². The molecule has 2 fully saturated rings. The van der Waals surface area contributed by atoms with Gasteiger partial charge in [0.2, 0.25) is 0 Å². The van der Waals surface area contributed by atoms with Gasteiger partial charge in [-0.25, -0.2) is 0 Å². The quantitative estimate of drug-likeness (QED) is 0.609. The van der Waals surface area contributed by atoms with Gasteiger partial charge in [-0.3, -0.25) is 4.90 Å². The van der Waals surface area contributed by atoms with Crippen molar-refractivity contribution in [3.05, 3.63) is 0 Å². The number of ether oxygens (including phenoxy) is 1. The smallest absolute Gasteiger partial charge is 0.129 e. The molecule has 0 saturated carbocycles. The molecule has 0 aromatic heterocycles. The summed E-state index contributed by atoms with van der Waals surface area (Å²) in [6, 6.07) is 0. The molecule has 2 aliphatic heterocycles. The maximum atomic E-state index is 11.2. The lowest BCUT2D eigenvalue weighted by atomic mass is 9.83. The molecule has 16 heavy (non-hydrogen) atoms. The molecular weight excluding hydrogens is 210 g/mol. The van der Waals surface area contributed by atoms with Crippen LogP contribution in [0, 0.1) is 5.41 Å². The van der Waals surface area contributed by atoms with E-state index < -0.39 is 17.6 Å². The van der Waals surface area contributed by atoms with Crippen LogP contribution in [-0.4, -0.2) is 66.5 Å². The minimum Gasteiger partial charge on any atom is -0.389 e. The maximum absolute atomic E-state index is 11.2. The number of carbonyl (C=O) groups is 1. The lowest BCUT2D eigenvalue weighted by Gasteiger charge is -2.35. The fourth-order valence-electron chi connectivity index (χ4n) is 2.55. The SMILES string of the molecule is O=CC1(CN2CC(O)C(O)C2)CCCOC1. The molecule has 0 aromatic rings. The maximum Gasteiger partial charge on any atom is 0.129 e. The van der Waals surface area contributed by atoms with Crippen molar-refractivity contribution in [2.45, 2.75) is 25.0 Å². The molecule has 2 saturated heterocycles. The van der Waals surface area contributed by atoms with Crippen molar-refractivity contribution in [3.63, 3.8) is 0 Å². The predicted molar refractivity (Wildman–Crippen MR) is 57.0 cm³/mol. The summed E-state index contributed by atoms with van der Waals surface area (Å²) in [5.41, 5.74) is -0.442. The topological polar surface area (TPSA) is 70.0 Å². The van der Waals surface area contributed by atoms with Crippen LogP contribution < -0.4 is 0 Å². The number of hydrogen-bond donors (Lipinski definition) is 2. The molecule has 2 aliphatic rings. The summed E-state index contributed by atoms with van der Waals surface area (Å²) in [6.07, 6.45) is 1.33. The van der Waals surface area contributed by atoms with Crippen LogP contribution in [-0.2, 0) is 9.53 Å². The molecule has 0 aliphatic carbocycles. The van der Waals surface area contributed by atoms with Crippen LogP contribution in [0.3, 0.4) is 0 Å². The van der Waals surface area contributed by atoms with E-state index in [0.29, 0.717) is 26.2 Å². The zero-order chi connectivity index (χ0) is 11.6. The first-order valence-corrected chi connectivity index (χ1v) is 5.78. The number of carbonyl (C=O) groups excluding carboxylic acids is 1. The third kappa shape index (κ3) is 2.43. The first kappa shape index (κ1) is 12.0. The van der Waals surface area contributed by atoms with Crippen LogP contribution in [0.2, 0.25) is 0 Å². The Kier molecular flexibility index (Phi) is 3.59. The van der Waals surface area contributed by atoms with E-state index in [-0.39, 0.29) is 0 Å². The van der Waals surface area contributed by atoms with Crippen molar-refractivity contribution in [1.82, 2.24) is 4.90 Å². The van der Waals surface area contributed by atoms with Gasteiger partial charge < -0.3 is 19.7 Å². The van der Waals surface area contributed by atoms with Crippen molar-refractivity contribution in [2.24, 2.45) is 5.41 Å². The molecular formula is C11H19NO4. The Hall–Kier alpha value is -0.490. The second kappa shape index (κ2) is 4.79. The summed E-state index contributed by atoms with van der Waals surface area (Å²) in [6.45, 7) is 2.64. The molecule has 0 spiro atoms. The Bertz CT molecular complexity index is 242. The number of likely N-dealkylation sites (tertiary alicyclic amines) is 1. The van der Waals surface area contributed by atoms with Gasteiger partial charge in [-0.1, -0.05) is 0 Å². The highest BCUT2D eigenvalue weighted by molar-refractivity contribution is 5.60. The molecule has 2 heterocycles. The van der Waals surface area contributed by atoms with E-state index in [0.717, 1.165) is 25.7 Å². The number of β-amino-alcohol motifs (C(OH)–C–C–N with tert-alkyl or cyclic N) is 2. The molecule has 0 bridgehead atoms. The van der Waals surface area contributed by atoms with Crippen molar-refractivity contribution < 1.29 is 19.7 Å².